The fraction of sp³-hybridized carbons (Fsp3) is 0.556. The number of carbonyl (C=O) groups is 1. The van der Waals surface area contributed by atoms with Crippen LogP contribution in [0.15, 0.2) is 22.6 Å². The maximum atomic E-state index is 11.4. The van der Waals surface area contributed by atoms with Gasteiger partial charge < -0.3 is 4.42 Å². The lowest BCUT2D eigenvalue weighted by atomic mass is 10.1. The van der Waals surface area contributed by atoms with Crippen molar-refractivity contribution in [3.05, 3.63) is 29.7 Å². The summed E-state index contributed by atoms with van der Waals surface area (Å²) in [6.45, 7) is 3.81. The zero-order valence-electron chi connectivity index (χ0n) is 13.2. The van der Waals surface area contributed by atoms with Gasteiger partial charge in [-0.05, 0) is 31.5 Å². The van der Waals surface area contributed by atoms with Gasteiger partial charge in [-0.15, -0.1) is 0 Å². The molecule has 0 aliphatic heterocycles. The summed E-state index contributed by atoms with van der Waals surface area (Å²) in [6, 6.07) is 5.45. The highest BCUT2D eigenvalue weighted by molar-refractivity contribution is 5.96. The Kier molecular flexibility index (Phi) is 5.97. The standard InChI is InChI=1S/C18H25NO2/c1-3-4-5-6-7-8-9-10-18-19-16-13-15(14(2)20)11-12-17(16)21-18/h11-13H,3-10H2,1-2H3. The summed E-state index contributed by atoms with van der Waals surface area (Å²) in [4.78, 5) is 15.8. The minimum atomic E-state index is 0.0635. The quantitative estimate of drug-likeness (QED) is 0.463. The SMILES string of the molecule is CCCCCCCCCc1nc2cc(C(C)=O)ccc2o1. The van der Waals surface area contributed by atoms with Gasteiger partial charge in [0.15, 0.2) is 17.3 Å². The molecule has 0 radical (unpaired) electrons. The number of unbranched alkanes of at least 4 members (excludes halogenated alkanes) is 6. The Bertz CT molecular complexity index is 586. The summed E-state index contributed by atoms with van der Waals surface area (Å²) in [5, 5.41) is 0. The molecule has 0 N–H and O–H groups in total. The van der Waals surface area contributed by atoms with Crippen LogP contribution >= 0.6 is 0 Å². The van der Waals surface area contributed by atoms with Gasteiger partial charge in [0.1, 0.15) is 5.52 Å². The first kappa shape index (κ1) is 15.7. The van der Waals surface area contributed by atoms with Gasteiger partial charge >= 0.3 is 0 Å². The van der Waals surface area contributed by atoms with Crippen molar-refractivity contribution in [3.8, 4) is 0 Å². The molecule has 0 unspecified atom stereocenters. The van der Waals surface area contributed by atoms with Crippen LogP contribution in [0.5, 0.6) is 0 Å². The van der Waals surface area contributed by atoms with Crippen molar-refractivity contribution in [3.63, 3.8) is 0 Å². The van der Waals surface area contributed by atoms with E-state index < -0.39 is 0 Å². The first-order chi connectivity index (χ1) is 10.2. The topological polar surface area (TPSA) is 43.1 Å². The van der Waals surface area contributed by atoms with Gasteiger partial charge in [0, 0.05) is 12.0 Å². The Labute approximate surface area is 126 Å². The number of fused-ring (bicyclic) bond motifs is 1. The number of nitrogens with zero attached hydrogens (tertiary/aromatic N) is 1. The summed E-state index contributed by atoms with van der Waals surface area (Å²) < 4.78 is 5.73. The lowest BCUT2D eigenvalue weighted by Gasteiger charge is -1.99. The van der Waals surface area contributed by atoms with Crippen molar-refractivity contribution in [1.82, 2.24) is 4.98 Å². The van der Waals surface area contributed by atoms with Gasteiger partial charge in [0.25, 0.3) is 0 Å². The van der Waals surface area contributed by atoms with E-state index in [-0.39, 0.29) is 5.78 Å². The summed E-state index contributed by atoms with van der Waals surface area (Å²) in [5.41, 5.74) is 2.26. The second kappa shape index (κ2) is 7.96. The molecular formula is C18H25NO2. The Morgan fingerprint density at radius 2 is 1.81 bits per heavy atom. The Morgan fingerprint density at radius 3 is 2.52 bits per heavy atom. The number of aromatic nitrogens is 1. The van der Waals surface area contributed by atoms with Crippen LogP contribution in [0.1, 0.15) is 75.0 Å². The third-order valence-corrected chi connectivity index (χ3v) is 3.83. The van der Waals surface area contributed by atoms with Crippen molar-refractivity contribution < 1.29 is 9.21 Å². The van der Waals surface area contributed by atoms with E-state index in [4.69, 9.17) is 4.42 Å². The third kappa shape index (κ3) is 4.69. The fourth-order valence-corrected chi connectivity index (χ4v) is 2.53. The molecule has 3 nitrogen and oxygen atoms in total. The molecule has 2 aromatic rings. The van der Waals surface area contributed by atoms with E-state index in [9.17, 15) is 4.79 Å². The highest BCUT2D eigenvalue weighted by Crippen LogP contribution is 2.19. The van der Waals surface area contributed by atoms with E-state index in [2.05, 4.69) is 11.9 Å². The van der Waals surface area contributed by atoms with Crippen molar-refractivity contribution in [1.29, 1.82) is 0 Å². The summed E-state index contributed by atoms with van der Waals surface area (Å²) >= 11 is 0. The van der Waals surface area contributed by atoms with E-state index in [1.54, 1.807) is 13.0 Å². The van der Waals surface area contributed by atoms with Gasteiger partial charge in [-0.3, -0.25) is 4.79 Å². The summed E-state index contributed by atoms with van der Waals surface area (Å²) in [6.07, 6.45) is 9.89. The first-order valence-corrected chi connectivity index (χ1v) is 8.11. The molecule has 2 rings (SSSR count). The van der Waals surface area contributed by atoms with E-state index in [1.165, 1.54) is 38.5 Å². The van der Waals surface area contributed by atoms with Gasteiger partial charge in [0.05, 0.1) is 0 Å². The van der Waals surface area contributed by atoms with Crippen LogP contribution in [-0.4, -0.2) is 10.8 Å². The normalized spacial score (nSPS) is 11.1. The van der Waals surface area contributed by atoms with E-state index in [0.717, 1.165) is 29.8 Å². The van der Waals surface area contributed by atoms with Crippen LogP contribution in [0, 0.1) is 0 Å². The number of rotatable bonds is 9. The van der Waals surface area contributed by atoms with Crippen LogP contribution in [0.3, 0.4) is 0 Å². The Hall–Kier alpha value is -1.64. The van der Waals surface area contributed by atoms with E-state index in [0.29, 0.717) is 5.56 Å². The highest BCUT2D eigenvalue weighted by atomic mass is 16.3. The molecule has 0 spiro atoms. The van der Waals surface area contributed by atoms with Crippen LogP contribution in [-0.2, 0) is 6.42 Å². The molecule has 0 saturated heterocycles. The molecule has 0 aliphatic rings. The zero-order valence-corrected chi connectivity index (χ0v) is 13.2. The minimum Gasteiger partial charge on any atom is -0.441 e. The minimum absolute atomic E-state index is 0.0635. The zero-order chi connectivity index (χ0) is 15.1. The van der Waals surface area contributed by atoms with Crippen LogP contribution in [0.25, 0.3) is 11.1 Å². The van der Waals surface area contributed by atoms with E-state index in [1.807, 2.05) is 12.1 Å². The molecule has 114 valence electrons. The smallest absolute Gasteiger partial charge is 0.195 e. The van der Waals surface area contributed by atoms with Crippen molar-refractivity contribution in [2.45, 2.75) is 65.2 Å². The number of Topliss-reactive ketones (excluding diaryl/α,β-unsaturated/α-hetero) is 1. The van der Waals surface area contributed by atoms with Crippen LogP contribution in [0.2, 0.25) is 0 Å². The molecule has 0 bridgehead atoms. The number of hydrogen-bond donors (Lipinski definition) is 0. The van der Waals surface area contributed by atoms with E-state index >= 15 is 0 Å². The molecule has 1 heterocycles. The highest BCUT2D eigenvalue weighted by Gasteiger charge is 2.08. The maximum Gasteiger partial charge on any atom is 0.195 e. The number of hydrogen-bond acceptors (Lipinski definition) is 3. The first-order valence-electron chi connectivity index (χ1n) is 8.11. The average Bonchev–Trinajstić information content (AvgIpc) is 2.88. The molecule has 1 aromatic heterocycles. The van der Waals surface area contributed by atoms with Crippen LogP contribution in [0.4, 0.5) is 0 Å². The Balaban J connectivity index is 1.81. The third-order valence-electron chi connectivity index (χ3n) is 3.83. The Morgan fingerprint density at radius 1 is 1.10 bits per heavy atom. The lowest BCUT2D eigenvalue weighted by Crippen LogP contribution is -1.90. The van der Waals surface area contributed by atoms with Crippen molar-refractivity contribution in [2.75, 3.05) is 0 Å². The summed E-state index contributed by atoms with van der Waals surface area (Å²) in [7, 11) is 0. The maximum absolute atomic E-state index is 11.4. The van der Waals surface area contributed by atoms with Crippen molar-refractivity contribution >= 4 is 16.9 Å². The number of ketones is 1. The molecule has 0 amide bonds. The predicted molar refractivity (Wildman–Crippen MR) is 85.7 cm³/mol. The largest absolute Gasteiger partial charge is 0.441 e. The second-order valence-corrected chi connectivity index (χ2v) is 5.72. The summed E-state index contributed by atoms with van der Waals surface area (Å²) in [5.74, 6) is 0.854. The molecular weight excluding hydrogens is 262 g/mol. The number of oxazole rings is 1. The predicted octanol–water partition coefficient (Wildman–Crippen LogP) is 5.32. The van der Waals surface area contributed by atoms with Gasteiger partial charge in [-0.25, -0.2) is 4.98 Å². The molecule has 0 atom stereocenters. The number of aryl methyl sites for hydroxylation is 1. The van der Waals surface area contributed by atoms with Crippen LogP contribution < -0.4 is 0 Å². The number of benzene rings is 1. The van der Waals surface area contributed by atoms with Gasteiger partial charge in [0.2, 0.25) is 0 Å². The van der Waals surface area contributed by atoms with Gasteiger partial charge in [-0.1, -0.05) is 45.4 Å². The molecule has 0 aliphatic carbocycles. The molecule has 0 fully saturated rings. The van der Waals surface area contributed by atoms with Crippen molar-refractivity contribution in [2.24, 2.45) is 0 Å². The number of carbonyl (C=O) groups excluding carboxylic acids is 1. The van der Waals surface area contributed by atoms with Gasteiger partial charge in [-0.2, -0.15) is 0 Å². The molecule has 3 heteroatoms. The average molecular weight is 287 g/mol. The monoisotopic (exact) mass is 287 g/mol. The fourth-order valence-electron chi connectivity index (χ4n) is 2.53. The molecule has 1 aromatic carbocycles. The second-order valence-electron chi connectivity index (χ2n) is 5.72. The molecule has 21 heavy (non-hydrogen) atoms. The lowest BCUT2D eigenvalue weighted by molar-refractivity contribution is 0.101. The molecule has 0 saturated carbocycles.